The molecule has 100 valence electrons. The van der Waals surface area contributed by atoms with E-state index in [9.17, 15) is 0 Å². The Kier molecular flexibility index (Phi) is 3.30. The minimum Gasteiger partial charge on any atom is -0.367 e. The summed E-state index contributed by atoms with van der Waals surface area (Å²) in [4.78, 5) is 8.02. The van der Waals surface area contributed by atoms with E-state index >= 15 is 0 Å². The number of halogens is 2. The van der Waals surface area contributed by atoms with Gasteiger partial charge in [-0.1, -0.05) is 34.4 Å². The van der Waals surface area contributed by atoms with Crippen LogP contribution >= 0.6 is 23.2 Å². The van der Waals surface area contributed by atoms with Gasteiger partial charge in [-0.25, -0.2) is 9.97 Å². The monoisotopic (exact) mass is 306 g/mol. The standard InChI is InChI=1S/C13H8Cl2N4O/c14-7-2-1-3-8(15)10(7)12-11(13(16)20-19-12)9-4-5-17-6-18-9/h1-6H,16H2. The van der Waals surface area contributed by atoms with E-state index in [1.807, 2.05) is 0 Å². The Morgan fingerprint density at radius 1 is 1.05 bits per heavy atom. The van der Waals surface area contributed by atoms with E-state index < -0.39 is 0 Å². The van der Waals surface area contributed by atoms with Crippen molar-refractivity contribution in [3.05, 3.63) is 46.8 Å². The van der Waals surface area contributed by atoms with Crippen LogP contribution in [0.5, 0.6) is 0 Å². The number of benzene rings is 1. The molecule has 0 atom stereocenters. The molecule has 20 heavy (non-hydrogen) atoms. The number of nitrogens with two attached hydrogens (primary N) is 1. The summed E-state index contributed by atoms with van der Waals surface area (Å²) in [5.74, 6) is 0.148. The molecule has 0 aliphatic carbocycles. The van der Waals surface area contributed by atoms with Crippen molar-refractivity contribution in [1.82, 2.24) is 15.1 Å². The fraction of sp³-hybridized carbons (Fsp3) is 0. The Morgan fingerprint density at radius 3 is 2.45 bits per heavy atom. The number of anilines is 1. The molecule has 0 radical (unpaired) electrons. The molecular weight excluding hydrogens is 299 g/mol. The maximum Gasteiger partial charge on any atom is 0.232 e. The fourth-order valence-corrected chi connectivity index (χ4v) is 2.46. The first kappa shape index (κ1) is 12.9. The van der Waals surface area contributed by atoms with Crippen molar-refractivity contribution >= 4 is 29.1 Å². The smallest absolute Gasteiger partial charge is 0.232 e. The lowest BCUT2D eigenvalue weighted by Crippen LogP contribution is -1.91. The van der Waals surface area contributed by atoms with E-state index in [1.54, 1.807) is 30.5 Å². The maximum atomic E-state index is 6.19. The number of nitrogen functional groups attached to an aromatic ring is 1. The highest BCUT2D eigenvalue weighted by Crippen LogP contribution is 2.41. The summed E-state index contributed by atoms with van der Waals surface area (Å²) in [5, 5.41) is 4.87. The predicted octanol–water partition coefficient (Wildman–Crippen LogP) is 3.69. The van der Waals surface area contributed by atoms with Gasteiger partial charge in [-0.15, -0.1) is 0 Å². The molecule has 0 aliphatic rings. The van der Waals surface area contributed by atoms with Crippen molar-refractivity contribution in [2.75, 3.05) is 5.73 Å². The Balaban J connectivity index is 2.27. The van der Waals surface area contributed by atoms with Gasteiger partial charge in [0.15, 0.2) is 0 Å². The second-order valence-electron chi connectivity index (χ2n) is 3.96. The van der Waals surface area contributed by atoms with Gasteiger partial charge in [0.05, 0.1) is 21.3 Å². The summed E-state index contributed by atoms with van der Waals surface area (Å²) >= 11 is 12.4. The van der Waals surface area contributed by atoms with Gasteiger partial charge in [-0.2, -0.15) is 0 Å². The lowest BCUT2D eigenvalue weighted by molar-refractivity contribution is 0.439. The Labute approximate surface area is 124 Å². The SMILES string of the molecule is Nc1onc(-c2c(Cl)cccc2Cl)c1-c1ccncn1. The van der Waals surface area contributed by atoms with Gasteiger partial charge in [0.2, 0.25) is 5.88 Å². The maximum absolute atomic E-state index is 6.19. The fourth-order valence-electron chi connectivity index (χ4n) is 1.88. The molecule has 0 unspecified atom stereocenters. The van der Waals surface area contributed by atoms with Gasteiger partial charge >= 0.3 is 0 Å². The molecule has 7 heteroatoms. The molecule has 2 heterocycles. The minimum absolute atomic E-state index is 0.148. The summed E-state index contributed by atoms with van der Waals surface area (Å²) in [6.45, 7) is 0. The van der Waals surface area contributed by atoms with Crippen LogP contribution in [0.2, 0.25) is 10.0 Å². The van der Waals surface area contributed by atoms with Gasteiger partial charge in [0, 0.05) is 11.8 Å². The summed E-state index contributed by atoms with van der Waals surface area (Å²) in [6, 6.07) is 6.90. The Bertz CT molecular complexity index is 738. The average molecular weight is 307 g/mol. The van der Waals surface area contributed by atoms with Crippen LogP contribution in [0.1, 0.15) is 0 Å². The largest absolute Gasteiger partial charge is 0.367 e. The minimum atomic E-state index is 0.148. The molecular formula is C13H8Cl2N4O. The van der Waals surface area contributed by atoms with Gasteiger partial charge in [-0.3, -0.25) is 0 Å². The number of rotatable bonds is 2. The number of aromatic nitrogens is 3. The quantitative estimate of drug-likeness (QED) is 0.781. The van der Waals surface area contributed by atoms with Gasteiger partial charge in [-0.05, 0) is 18.2 Å². The first-order chi connectivity index (χ1) is 9.68. The van der Waals surface area contributed by atoms with E-state index in [4.69, 9.17) is 33.5 Å². The third kappa shape index (κ3) is 2.11. The van der Waals surface area contributed by atoms with Crippen LogP contribution in [-0.2, 0) is 0 Å². The lowest BCUT2D eigenvalue weighted by atomic mass is 10.0. The van der Waals surface area contributed by atoms with Gasteiger partial charge in [0.25, 0.3) is 0 Å². The summed E-state index contributed by atoms with van der Waals surface area (Å²) in [7, 11) is 0. The van der Waals surface area contributed by atoms with Crippen molar-refractivity contribution in [3.8, 4) is 22.5 Å². The number of hydrogen-bond acceptors (Lipinski definition) is 5. The molecule has 2 aromatic heterocycles. The normalized spacial score (nSPS) is 10.7. The highest BCUT2D eigenvalue weighted by Gasteiger charge is 2.22. The van der Waals surface area contributed by atoms with Crippen molar-refractivity contribution in [1.29, 1.82) is 0 Å². The molecule has 0 fully saturated rings. The predicted molar refractivity (Wildman–Crippen MR) is 77.4 cm³/mol. The summed E-state index contributed by atoms with van der Waals surface area (Å²) in [5.41, 5.74) is 7.98. The highest BCUT2D eigenvalue weighted by molar-refractivity contribution is 6.39. The van der Waals surface area contributed by atoms with Gasteiger partial charge < -0.3 is 10.3 Å². The van der Waals surface area contributed by atoms with Crippen LogP contribution in [0.3, 0.4) is 0 Å². The van der Waals surface area contributed by atoms with E-state index in [2.05, 4.69) is 15.1 Å². The van der Waals surface area contributed by atoms with Crippen molar-refractivity contribution in [3.63, 3.8) is 0 Å². The molecule has 3 aromatic rings. The van der Waals surface area contributed by atoms with E-state index in [0.29, 0.717) is 32.6 Å². The highest BCUT2D eigenvalue weighted by atomic mass is 35.5. The third-order valence-electron chi connectivity index (χ3n) is 2.76. The summed E-state index contributed by atoms with van der Waals surface area (Å²) in [6.07, 6.45) is 3.02. The third-order valence-corrected chi connectivity index (χ3v) is 3.39. The van der Waals surface area contributed by atoms with Crippen molar-refractivity contribution < 1.29 is 4.52 Å². The van der Waals surface area contributed by atoms with Crippen molar-refractivity contribution in [2.24, 2.45) is 0 Å². The number of nitrogens with zero attached hydrogens (tertiary/aromatic N) is 3. The zero-order valence-electron chi connectivity index (χ0n) is 10.0. The molecule has 1 aromatic carbocycles. The topological polar surface area (TPSA) is 77.8 Å². The first-order valence-electron chi connectivity index (χ1n) is 5.64. The molecule has 0 bridgehead atoms. The molecule has 5 nitrogen and oxygen atoms in total. The Morgan fingerprint density at radius 2 is 1.80 bits per heavy atom. The summed E-state index contributed by atoms with van der Waals surface area (Å²) < 4.78 is 5.06. The Hall–Kier alpha value is -2.11. The number of hydrogen-bond donors (Lipinski definition) is 1. The van der Waals surface area contributed by atoms with Crippen LogP contribution in [0.4, 0.5) is 5.88 Å². The van der Waals surface area contributed by atoms with Crippen LogP contribution in [0.15, 0.2) is 41.3 Å². The molecule has 3 rings (SSSR count). The zero-order chi connectivity index (χ0) is 14.1. The molecule has 2 N–H and O–H groups in total. The second-order valence-corrected chi connectivity index (χ2v) is 4.78. The molecule has 0 spiro atoms. The first-order valence-corrected chi connectivity index (χ1v) is 6.40. The van der Waals surface area contributed by atoms with Crippen molar-refractivity contribution in [2.45, 2.75) is 0 Å². The van der Waals surface area contributed by atoms with Crippen LogP contribution in [0, 0.1) is 0 Å². The van der Waals surface area contributed by atoms with Crippen LogP contribution in [-0.4, -0.2) is 15.1 Å². The van der Waals surface area contributed by atoms with E-state index in [0.717, 1.165) is 0 Å². The lowest BCUT2D eigenvalue weighted by Gasteiger charge is -2.05. The van der Waals surface area contributed by atoms with Crippen LogP contribution in [0.25, 0.3) is 22.5 Å². The molecule has 0 saturated carbocycles. The second kappa shape index (κ2) is 5.11. The molecule has 0 aliphatic heterocycles. The molecule has 0 saturated heterocycles. The average Bonchev–Trinajstić information content (AvgIpc) is 2.81. The molecule has 0 amide bonds. The van der Waals surface area contributed by atoms with Crippen LogP contribution < -0.4 is 5.73 Å². The van der Waals surface area contributed by atoms with E-state index in [-0.39, 0.29) is 5.88 Å². The zero-order valence-corrected chi connectivity index (χ0v) is 11.6. The van der Waals surface area contributed by atoms with Gasteiger partial charge in [0.1, 0.15) is 12.0 Å². The van der Waals surface area contributed by atoms with E-state index in [1.165, 1.54) is 6.33 Å².